The van der Waals surface area contributed by atoms with Crippen LogP contribution >= 0.6 is 15.9 Å². The lowest BCUT2D eigenvalue weighted by Crippen LogP contribution is -2.53. The number of guanidine groups is 1. The molecule has 2 amide bonds. The highest BCUT2D eigenvalue weighted by Gasteiger charge is 2.20. The molecule has 0 radical (unpaired) electrons. The molecule has 1 heterocycles. The molecule has 1 aliphatic heterocycles. The van der Waals surface area contributed by atoms with E-state index in [2.05, 4.69) is 36.5 Å². The zero-order chi connectivity index (χ0) is 19.6. The van der Waals surface area contributed by atoms with Gasteiger partial charge in [0.15, 0.2) is 5.96 Å². The lowest BCUT2D eigenvalue weighted by molar-refractivity contribution is -0.130. The van der Waals surface area contributed by atoms with Gasteiger partial charge < -0.3 is 20.4 Å². The first-order chi connectivity index (χ1) is 13.0. The fraction of sp³-hybridized carbons (Fsp3) is 0.526. The zero-order valence-corrected chi connectivity index (χ0v) is 17.6. The predicted molar refractivity (Wildman–Crippen MR) is 111 cm³/mol. The second kappa shape index (κ2) is 10.9. The van der Waals surface area contributed by atoms with Crippen LogP contribution in [0.1, 0.15) is 30.6 Å². The van der Waals surface area contributed by atoms with Crippen LogP contribution in [0.2, 0.25) is 0 Å². The van der Waals surface area contributed by atoms with Crippen LogP contribution in [0, 0.1) is 0 Å². The molecular weight excluding hydrogens is 410 g/mol. The van der Waals surface area contributed by atoms with Crippen LogP contribution in [0.15, 0.2) is 33.7 Å². The summed E-state index contributed by atoms with van der Waals surface area (Å²) in [6, 6.07) is 7.33. The van der Waals surface area contributed by atoms with E-state index in [0.717, 1.165) is 49.6 Å². The van der Waals surface area contributed by atoms with Gasteiger partial charge in [-0.1, -0.05) is 22.0 Å². The Balaban J connectivity index is 1.76. The van der Waals surface area contributed by atoms with E-state index in [4.69, 9.17) is 0 Å². The molecule has 0 unspecified atom stereocenters. The average Bonchev–Trinajstić information content (AvgIpc) is 2.66. The lowest BCUT2D eigenvalue weighted by atomic mass is 10.2. The molecule has 7 nitrogen and oxygen atoms in total. The van der Waals surface area contributed by atoms with Crippen molar-refractivity contribution in [2.75, 3.05) is 45.8 Å². The summed E-state index contributed by atoms with van der Waals surface area (Å²) in [5, 5.41) is 6.23. The van der Waals surface area contributed by atoms with Crippen molar-refractivity contribution in [3.05, 3.63) is 34.3 Å². The fourth-order valence-electron chi connectivity index (χ4n) is 2.86. The molecule has 2 rings (SSSR count). The number of aliphatic imine (C=N–C) groups is 1. The van der Waals surface area contributed by atoms with E-state index in [1.165, 1.54) is 0 Å². The van der Waals surface area contributed by atoms with E-state index in [1.54, 1.807) is 19.1 Å². The monoisotopic (exact) mass is 437 g/mol. The number of benzene rings is 1. The van der Waals surface area contributed by atoms with Crippen LogP contribution in [0.5, 0.6) is 0 Å². The van der Waals surface area contributed by atoms with Crippen molar-refractivity contribution in [2.45, 2.75) is 20.3 Å². The van der Waals surface area contributed by atoms with Gasteiger partial charge in [0.25, 0.3) is 5.91 Å². The highest BCUT2D eigenvalue weighted by molar-refractivity contribution is 9.10. The summed E-state index contributed by atoms with van der Waals surface area (Å²) in [4.78, 5) is 32.3. The number of carbonyl (C=O) groups is 2. The number of nitrogens with zero attached hydrogens (tertiary/aromatic N) is 3. The summed E-state index contributed by atoms with van der Waals surface area (Å²) in [5.74, 6) is 0.921. The third-order valence-corrected chi connectivity index (χ3v) is 4.82. The summed E-state index contributed by atoms with van der Waals surface area (Å²) in [5.41, 5.74) is 0.643. The van der Waals surface area contributed by atoms with Gasteiger partial charge in [0.05, 0.1) is 0 Å². The van der Waals surface area contributed by atoms with Crippen LogP contribution in [-0.2, 0) is 4.79 Å². The summed E-state index contributed by atoms with van der Waals surface area (Å²) in [6.45, 7) is 8.67. The molecule has 1 saturated heterocycles. The van der Waals surface area contributed by atoms with Gasteiger partial charge in [-0.25, -0.2) is 0 Å². The zero-order valence-electron chi connectivity index (χ0n) is 16.0. The van der Waals surface area contributed by atoms with Crippen LogP contribution in [0.4, 0.5) is 0 Å². The van der Waals surface area contributed by atoms with Crippen LogP contribution in [0.25, 0.3) is 0 Å². The van der Waals surface area contributed by atoms with Crippen molar-refractivity contribution < 1.29 is 9.59 Å². The topological polar surface area (TPSA) is 77.0 Å². The fourth-order valence-corrected chi connectivity index (χ4v) is 3.26. The maximum atomic E-state index is 12.1. The Morgan fingerprint density at radius 3 is 2.48 bits per heavy atom. The van der Waals surface area contributed by atoms with E-state index >= 15 is 0 Å². The summed E-state index contributed by atoms with van der Waals surface area (Å²) >= 11 is 3.37. The van der Waals surface area contributed by atoms with E-state index in [-0.39, 0.29) is 11.8 Å². The van der Waals surface area contributed by atoms with Crippen molar-refractivity contribution in [3.8, 4) is 0 Å². The highest BCUT2D eigenvalue weighted by atomic mass is 79.9. The molecule has 0 spiro atoms. The summed E-state index contributed by atoms with van der Waals surface area (Å²) in [6.07, 6.45) is 0.766. The van der Waals surface area contributed by atoms with Crippen LogP contribution in [0.3, 0.4) is 0 Å². The molecule has 27 heavy (non-hydrogen) atoms. The molecule has 0 bridgehead atoms. The molecule has 1 aliphatic rings. The predicted octanol–water partition coefficient (Wildman–Crippen LogP) is 1.70. The smallest absolute Gasteiger partial charge is 0.251 e. The minimum Gasteiger partial charge on any atom is -0.357 e. The molecule has 1 aromatic carbocycles. The molecule has 2 N–H and O–H groups in total. The molecule has 0 atom stereocenters. The van der Waals surface area contributed by atoms with E-state index in [0.29, 0.717) is 18.7 Å². The van der Waals surface area contributed by atoms with Gasteiger partial charge in [0, 0.05) is 62.8 Å². The van der Waals surface area contributed by atoms with Gasteiger partial charge in [0.2, 0.25) is 5.91 Å². The Hall–Kier alpha value is -2.09. The van der Waals surface area contributed by atoms with Crippen molar-refractivity contribution >= 4 is 33.7 Å². The molecule has 0 aliphatic carbocycles. The van der Waals surface area contributed by atoms with Gasteiger partial charge in [-0.15, -0.1) is 0 Å². The third kappa shape index (κ3) is 6.86. The van der Waals surface area contributed by atoms with E-state index < -0.39 is 0 Å². The number of halogens is 1. The van der Waals surface area contributed by atoms with Gasteiger partial charge in [-0.2, -0.15) is 0 Å². The Kier molecular flexibility index (Phi) is 8.57. The number of amides is 2. The number of rotatable bonds is 6. The SMILES string of the molecule is CCNC(=NCCCNC(=O)c1cccc(Br)c1)N1CCN(C(C)=O)CC1. The van der Waals surface area contributed by atoms with Crippen LogP contribution in [-0.4, -0.2) is 73.4 Å². The van der Waals surface area contributed by atoms with Gasteiger partial charge in [0.1, 0.15) is 0 Å². The molecule has 1 aromatic rings. The second-order valence-corrected chi connectivity index (χ2v) is 7.26. The standard InChI is InChI=1S/C19H28BrN5O2/c1-3-21-19(25-12-10-24(11-13-25)15(2)26)23-9-5-8-22-18(27)16-6-4-7-17(20)14-16/h4,6-7,14H,3,5,8-13H2,1-2H3,(H,21,23)(H,22,27). The largest absolute Gasteiger partial charge is 0.357 e. The van der Waals surface area contributed by atoms with Gasteiger partial charge >= 0.3 is 0 Å². The van der Waals surface area contributed by atoms with Crippen LogP contribution < -0.4 is 10.6 Å². The maximum Gasteiger partial charge on any atom is 0.251 e. The van der Waals surface area contributed by atoms with E-state index in [1.807, 2.05) is 24.0 Å². The Labute approximate surface area is 169 Å². The Morgan fingerprint density at radius 2 is 1.85 bits per heavy atom. The number of carbonyl (C=O) groups excluding carboxylic acids is 2. The average molecular weight is 438 g/mol. The number of piperazine rings is 1. The quantitative estimate of drug-likeness (QED) is 0.403. The molecule has 0 aromatic heterocycles. The summed E-state index contributed by atoms with van der Waals surface area (Å²) in [7, 11) is 0. The second-order valence-electron chi connectivity index (χ2n) is 6.35. The maximum absolute atomic E-state index is 12.1. The van der Waals surface area contributed by atoms with Crippen molar-refractivity contribution in [3.63, 3.8) is 0 Å². The number of hydrogen-bond donors (Lipinski definition) is 2. The Morgan fingerprint density at radius 1 is 1.15 bits per heavy atom. The van der Waals surface area contributed by atoms with Crippen molar-refractivity contribution in [1.29, 1.82) is 0 Å². The number of hydrogen-bond acceptors (Lipinski definition) is 3. The van der Waals surface area contributed by atoms with E-state index in [9.17, 15) is 9.59 Å². The normalized spacial score (nSPS) is 14.9. The van der Waals surface area contributed by atoms with Crippen molar-refractivity contribution in [2.24, 2.45) is 4.99 Å². The molecule has 0 saturated carbocycles. The summed E-state index contributed by atoms with van der Waals surface area (Å²) < 4.78 is 0.889. The first-order valence-electron chi connectivity index (χ1n) is 9.33. The lowest BCUT2D eigenvalue weighted by Gasteiger charge is -2.36. The van der Waals surface area contributed by atoms with Crippen molar-refractivity contribution in [1.82, 2.24) is 20.4 Å². The van der Waals surface area contributed by atoms with Gasteiger partial charge in [-0.05, 0) is 31.5 Å². The minimum absolute atomic E-state index is 0.0764. The molecule has 8 heteroatoms. The minimum atomic E-state index is -0.0764. The molecule has 1 fully saturated rings. The first-order valence-corrected chi connectivity index (χ1v) is 10.1. The third-order valence-electron chi connectivity index (χ3n) is 4.33. The first kappa shape index (κ1) is 21.2. The molecular formula is C19H28BrN5O2. The number of nitrogens with one attached hydrogen (secondary N) is 2. The molecule has 148 valence electrons. The highest BCUT2D eigenvalue weighted by Crippen LogP contribution is 2.11. The Bertz CT molecular complexity index is 672. The van der Waals surface area contributed by atoms with Gasteiger partial charge in [-0.3, -0.25) is 14.6 Å².